The van der Waals surface area contributed by atoms with Crippen molar-refractivity contribution in [1.29, 1.82) is 0 Å². The molecular weight excluding hydrogens is 471 g/mol. The summed E-state index contributed by atoms with van der Waals surface area (Å²) in [6.07, 6.45) is -3.77. The molecule has 2 saturated carbocycles. The molecule has 4 rings (SSSR count). The monoisotopic (exact) mass is 499 g/mol. The van der Waals surface area contributed by atoms with Crippen LogP contribution in [0.15, 0.2) is 30.3 Å². The Morgan fingerprint density at radius 3 is 2.20 bits per heavy atom. The molecule has 9 nitrogen and oxygen atoms in total. The molecular formula is C23H28F3N3O6. The molecule has 0 spiro atoms. The average molecular weight is 499 g/mol. The molecule has 1 aromatic rings. The lowest BCUT2D eigenvalue weighted by molar-refractivity contribution is -0.318. The van der Waals surface area contributed by atoms with Crippen molar-refractivity contribution in [3.8, 4) is 0 Å². The fourth-order valence-electron chi connectivity index (χ4n) is 5.15. The number of hydrogen-bond donors (Lipinski definition) is 2. The zero-order valence-electron chi connectivity index (χ0n) is 19.0. The zero-order chi connectivity index (χ0) is 25.4. The van der Waals surface area contributed by atoms with Crippen molar-refractivity contribution in [2.75, 3.05) is 31.1 Å². The second-order valence-corrected chi connectivity index (χ2v) is 9.47. The largest absolute Gasteiger partial charge is 0.493 e. The summed E-state index contributed by atoms with van der Waals surface area (Å²) in [6, 6.07) is 9.66. The summed E-state index contributed by atoms with van der Waals surface area (Å²) in [5, 5.41) is 20.1. The third kappa shape index (κ3) is 5.53. The van der Waals surface area contributed by atoms with Crippen molar-refractivity contribution < 1.29 is 42.7 Å². The van der Waals surface area contributed by atoms with Crippen LogP contribution in [-0.2, 0) is 19.2 Å². The molecule has 0 bridgehead atoms. The van der Waals surface area contributed by atoms with Gasteiger partial charge in [0.25, 0.3) is 5.91 Å². The molecule has 3 fully saturated rings. The summed E-state index contributed by atoms with van der Waals surface area (Å²) >= 11 is 0. The van der Waals surface area contributed by atoms with Gasteiger partial charge in [-0.1, -0.05) is 18.2 Å². The number of amides is 2. The van der Waals surface area contributed by atoms with E-state index in [4.69, 9.17) is 0 Å². The summed E-state index contributed by atoms with van der Waals surface area (Å²) < 4.78 is 37.6. The summed E-state index contributed by atoms with van der Waals surface area (Å²) in [5.41, 5.74) is -0.250. The summed E-state index contributed by atoms with van der Waals surface area (Å²) in [7, 11) is 0. The van der Waals surface area contributed by atoms with E-state index in [0.717, 1.165) is 18.5 Å². The number of hydroxylamine groups is 2. The fraction of sp³-hybridized carbons (Fsp3) is 0.609. The highest BCUT2D eigenvalue weighted by molar-refractivity contribution is 5.88. The molecule has 3 aliphatic rings. The lowest BCUT2D eigenvalue weighted by Crippen LogP contribution is -2.55. The second-order valence-electron chi connectivity index (χ2n) is 9.47. The van der Waals surface area contributed by atoms with Gasteiger partial charge in [-0.25, -0.2) is 4.79 Å². The van der Waals surface area contributed by atoms with E-state index < -0.39 is 40.7 Å². The first-order valence-electron chi connectivity index (χ1n) is 11.6. The molecule has 2 aliphatic carbocycles. The lowest BCUT2D eigenvalue weighted by atomic mass is 9.68. The predicted molar refractivity (Wildman–Crippen MR) is 115 cm³/mol. The maximum Gasteiger partial charge on any atom is 0.493 e. The van der Waals surface area contributed by atoms with Crippen LogP contribution in [0.25, 0.3) is 0 Å². The van der Waals surface area contributed by atoms with Gasteiger partial charge >= 0.3 is 12.1 Å². The first kappa shape index (κ1) is 25.2. The molecule has 2 amide bonds. The number of benzene rings is 1. The Hall–Kier alpha value is -2.86. The molecule has 0 unspecified atom stereocenters. The first-order valence-corrected chi connectivity index (χ1v) is 11.6. The van der Waals surface area contributed by atoms with Crippen LogP contribution in [0.5, 0.6) is 0 Å². The van der Waals surface area contributed by atoms with E-state index >= 15 is 0 Å². The number of carbonyl (C=O) groups is 3. The Morgan fingerprint density at radius 1 is 1.00 bits per heavy atom. The summed E-state index contributed by atoms with van der Waals surface area (Å²) in [6.45, 7) is 1.87. The summed E-state index contributed by atoms with van der Waals surface area (Å²) in [4.78, 5) is 44.8. The fourth-order valence-corrected chi connectivity index (χ4v) is 5.15. The molecule has 35 heavy (non-hydrogen) atoms. The number of aliphatic hydroxyl groups is 1. The Bertz CT molecular complexity index is 950. The minimum atomic E-state index is -5.42. The van der Waals surface area contributed by atoms with E-state index in [1.807, 2.05) is 30.3 Å². The highest BCUT2D eigenvalue weighted by Gasteiger charge is 2.54. The van der Waals surface area contributed by atoms with Gasteiger partial charge in [0, 0.05) is 31.9 Å². The summed E-state index contributed by atoms with van der Waals surface area (Å²) in [5.74, 6) is -6.87. The van der Waals surface area contributed by atoms with Crippen LogP contribution in [-0.4, -0.2) is 76.2 Å². The normalized spacial score (nSPS) is 27.3. The number of halogens is 3. The van der Waals surface area contributed by atoms with Crippen molar-refractivity contribution in [3.63, 3.8) is 0 Å². The highest BCUT2D eigenvalue weighted by atomic mass is 19.4. The van der Waals surface area contributed by atoms with Gasteiger partial charge in [-0.3, -0.25) is 14.8 Å². The Kier molecular flexibility index (Phi) is 6.96. The molecule has 192 valence electrons. The molecule has 1 aliphatic heterocycles. The van der Waals surface area contributed by atoms with E-state index in [0.29, 0.717) is 26.2 Å². The maximum absolute atomic E-state index is 13.4. The highest BCUT2D eigenvalue weighted by Crippen LogP contribution is 2.50. The van der Waals surface area contributed by atoms with Gasteiger partial charge < -0.3 is 19.7 Å². The second kappa shape index (κ2) is 9.65. The van der Waals surface area contributed by atoms with Gasteiger partial charge in [0.05, 0.1) is 17.4 Å². The molecule has 12 heteroatoms. The number of piperazine rings is 1. The van der Waals surface area contributed by atoms with Crippen LogP contribution in [0.3, 0.4) is 0 Å². The molecule has 1 saturated heterocycles. The van der Waals surface area contributed by atoms with Crippen LogP contribution in [0.1, 0.15) is 32.1 Å². The first-order chi connectivity index (χ1) is 16.5. The SMILES string of the molecule is O=C([C@H]1CC[C@](O)(C2CC2)C[C@@H]1C(=O)N(O)OC(=O)C(F)(F)F)N1CCN(c2ccccc2)CC1. The quantitative estimate of drug-likeness (QED) is 0.482. The number of hydrogen-bond acceptors (Lipinski definition) is 7. The molecule has 0 radical (unpaired) electrons. The van der Waals surface area contributed by atoms with Gasteiger partial charge in [-0.2, -0.15) is 13.2 Å². The van der Waals surface area contributed by atoms with Crippen molar-refractivity contribution >= 4 is 23.5 Å². The van der Waals surface area contributed by atoms with Crippen LogP contribution in [0.4, 0.5) is 18.9 Å². The van der Waals surface area contributed by atoms with Crippen molar-refractivity contribution in [3.05, 3.63) is 30.3 Å². The predicted octanol–water partition coefficient (Wildman–Crippen LogP) is 2.13. The minimum absolute atomic E-state index is 0.0758. The van der Waals surface area contributed by atoms with E-state index in [9.17, 15) is 37.9 Å². The van der Waals surface area contributed by atoms with Gasteiger partial charge in [-0.05, 0) is 55.4 Å². The molecule has 0 aromatic heterocycles. The van der Waals surface area contributed by atoms with E-state index in [2.05, 4.69) is 9.74 Å². The Labute approximate surface area is 199 Å². The Balaban J connectivity index is 1.46. The van der Waals surface area contributed by atoms with Crippen LogP contribution < -0.4 is 4.90 Å². The van der Waals surface area contributed by atoms with Crippen LogP contribution in [0.2, 0.25) is 0 Å². The van der Waals surface area contributed by atoms with E-state index in [-0.39, 0.29) is 31.1 Å². The number of rotatable bonds is 4. The number of nitrogens with zero attached hydrogens (tertiary/aromatic N) is 3. The Morgan fingerprint density at radius 2 is 1.63 bits per heavy atom. The van der Waals surface area contributed by atoms with Crippen LogP contribution >= 0.6 is 0 Å². The van der Waals surface area contributed by atoms with Gasteiger partial charge in [0.15, 0.2) is 0 Å². The third-order valence-corrected chi connectivity index (χ3v) is 7.22. The smallest absolute Gasteiger partial charge is 0.390 e. The topological polar surface area (TPSA) is 111 Å². The van der Waals surface area contributed by atoms with E-state index in [1.54, 1.807) is 4.90 Å². The standard InChI is InChI=1S/C23H28F3N3O6/c24-23(25,26)21(32)35-29(34)20(31)18-14-22(33,15-6-7-15)9-8-17(18)19(30)28-12-10-27(11-13-28)16-4-2-1-3-5-16/h1-5,15,17-18,33-34H,6-14H2/t17-,18-,22+/m0/s1. The molecule has 2 N–H and O–H groups in total. The van der Waals surface area contributed by atoms with Crippen molar-refractivity contribution in [1.82, 2.24) is 10.1 Å². The van der Waals surface area contributed by atoms with Crippen molar-refractivity contribution in [2.45, 2.75) is 43.9 Å². The lowest BCUT2D eigenvalue weighted by Gasteiger charge is -2.43. The van der Waals surface area contributed by atoms with Crippen LogP contribution in [0, 0.1) is 17.8 Å². The molecule has 1 heterocycles. The number of alkyl halides is 3. The van der Waals surface area contributed by atoms with Gasteiger partial charge in [0.2, 0.25) is 5.91 Å². The molecule has 1 aromatic carbocycles. The number of anilines is 1. The number of para-hydroxylation sites is 1. The maximum atomic E-state index is 13.4. The van der Waals surface area contributed by atoms with Gasteiger partial charge in [-0.15, -0.1) is 0 Å². The number of carbonyl (C=O) groups excluding carboxylic acids is 3. The molecule has 3 atom stereocenters. The van der Waals surface area contributed by atoms with Crippen molar-refractivity contribution in [2.24, 2.45) is 17.8 Å². The minimum Gasteiger partial charge on any atom is -0.390 e. The zero-order valence-corrected chi connectivity index (χ0v) is 19.0. The van der Waals surface area contributed by atoms with Gasteiger partial charge in [0.1, 0.15) is 0 Å². The average Bonchev–Trinajstić information content (AvgIpc) is 3.69. The van der Waals surface area contributed by atoms with E-state index in [1.165, 1.54) is 0 Å². The third-order valence-electron chi connectivity index (χ3n) is 7.22.